The normalized spacial score (nSPS) is 54.9. The summed E-state index contributed by atoms with van der Waals surface area (Å²) in [6, 6.07) is 0. The predicted octanol–water partition coefficient (Wildman–Crippen LogP) is 1.22. The lowest BCUT2D eigenvalue weighted by Crippen LogP contribution is -2.55. The molecule has 2 bridgehead atoms. The van der Waals surface area contributed by atoms with E-state index in [4.69, 9.17) is 5.73 Å². The van der Waals surface area contributed by atoms with Gasteiger partial charge in [-0.15, -0.1) is 0 Å². The van der Waals surface area contributed by atoms with Gasteiger partial charge in [0.05, 0.1) is 0 Å². The minimum absolute atomic E-state index is 0.275. The van der Waals surface area contributed by atoms with Gasteiger partial charge in [0.2, 0.25) is 0 Å². The molecule has 0 aromatic rings. The summed E-state index contributed by atoms with van der Waals surface area (Å²) >= 11 is 0. The third-order valence-electron chi connectivity index (χ3n) is 4.96. The third-order valence-corrected chi connectivity index (χ3v) is 4.96. The molecule has 0 aliphatic heterocycles. The van der Waals surface area contributed by atoms with Gasteiger partial charge < -0.3 is 10.8 Å². The van der Waals surface area contributed by atoms with Gasteiger partial charge in [-0.05, 0) is 49.4 Å². The smallest absolute Gasteiger partial charge is 0.323 e. The molecule has 0 aromatic carbocycles. The van der Waals surface area contributed by atoms with Crippen LogP contribution >= 0.6 is 0 Å². The van der Waals surface area contributed by atoms with Crippen molar-refractivity contribution in [3.05, 3.63) is 0 Å². The van der Waals surface area contributed by atoms with Crippen LogP contribution in [-0.2, 0) is 4.79 Å². The van der Waals surface area contributed by atoms with Gasteiger partial charge in [0.15, 0.2) is 0 Å². The second-order valence-electron chi connectivity index (χ2n) is 5.41. The molecule has 3 aliphatic rings. The highest BCUT2D eigenvalue weighted by atomic mass is 16.4. The number of carboxylic acid groups (broad SMARTS) is 1. The minimum Gasteiger partial charge on any atom is -0.480 e. The third kappa shape index (κ3) is 0.842. The van der Waals surface area contributed by atoms with Crippen molar-refractivity contribution in [1.29, 1.82) is 0 Å². The van der Waals surface area contributed by atoms with Crippen molar-refractivity contribution < 1.29 is 9.90 Å². The molecule has 3 N–H and O–H groups in total. The summed E-state index contributed by atoms with van der Waals surface area (Å²) in [5.74, 6) is 1.58. The number of rotatable bonds is 1. The molecule has 0 radical (unpaired) electrons. The van der Waals surface area contributed by atoms with Crippen LogP contribution in [-0.4, -0.2) is 16.6 Å². The molecular weight excluding hydrogens is 178 g/mol. The van der Waals surface area contributed by atoms with E-state index in [1.165, 1.54) is 19.3 Å². The van der Waals surface area contributed by atoms with Gasteiger partial charge in [-0.3, -0.25) is 4.79 Å². The number of fused-ring (bicyclic) bond motifs is 5. The van der Waals surface area contributed by atoms with Gasteiger partial charge in [-0.2, -0.15) is 0 Å². The predicted molar refractivity (Wildman–Crippen MR) is 51.6 cm³/mol. The summed E-state index contributed by atoms with van der Waals surface area (Å²) < 4.78 is 0. The fraction of sp³-hybridized carbons (Fsp3) is 0.909. The molecule has 0 aromatic heterocycles. The number of carbonyl (C=O) groups is 1. The van der Waals surface area contributed by atoms with Crippen LogP contribution in [0.15, 0.2) is 0 Å². The van der Waals surface area contributed by atoms with Crippen LogP contribution in [0.3, 0.4) is 0 Å². The Morgan fingerprint density at radius 2 is 2.07 bits per heavy atom. The van der Waals surface area contributed by atoms with Crippen molar-refractivity contribution >= 4 is 5.97 Å². The summed E-state index contributed by atoms with van der Waals surface area (Å²) in [7, 11) is 0. The number of nitrogens with two attached hydrogens (primary N) is 1. The number of carboxylic acids is 1. The molecule has 0 saturated heterocycles. The summed E-state index contributed by atoms with van der Waals surface area (Å²) in [6.07, 6.45) is 5.64. The first-order valence-corrected chi connectivity index (χ1v) is 5.65. The molecule has 78 valence electrons. The van der Waals surface area contributed by atoms with Crippen LogP contribution in [0.2, 0.25) is 0 Å². The van der Waals surface area contributed by atoms with E-state index in [0.717, 1.165) is 18.8 Å². The van der Waals surface area contributed by atoms with Crippen molar-refractivity contribution in [2.75, 3.05) is 0 Å². The molecule has 3 aliphatic carbocycles. The molecule has 14 heavy (non-hydrogen) atoms. The van der Waals surface area contributed by atoms with Crippen LogP contribution < -0.4 is 5.73 Å². The number of hydrogen-bond donors (Lipinski definition) is 2. The van der Waals surface area contributed by atoms with Crippen LogP contribution in [0, 0.1) is 23.7 Å². The minimum atomic E-state index is -0.879. The summed E-state index contributed by atoms with van der Waals surface area (Å²) in [4.78, 5) is 11.2. The maximum atomic E-state index is 11.2. The molecule has 3 fully saturated rings. The molecule has 0 amide bonds. The van der Waals surface area contributed by atoms with E-state index in [9.17, 15) is 9.90 Å². The van der Waals surface area contributed by atoms with E-state index in [-0.39, 0.29) is 5.92 Å². The van der Waals surface area contributed by atoms with Crippen molar-refractivity contribution in [3.8, 4) is 0 Å². The Morgan fingerprint density at radius 3 is 2.79 bits per heavy atom. The first-order chi connectivity index (χ1) is 6.63. The van der Waals surface area contributed by atoms with E-state index in [1.807, 2.05) is 0 Å². The first-order valence-electron chi connectivity index (χ1n) is 5.65. The van der Waals surface area contributed by atoms with Crippen molar-refractivity contribution in [3.63, 3.8) is 0 Å². The SMILES string of the molecule is N[C@@]1(C(=O)O)C[C@H]2C[C@@H]1[C@H]1CCC[C@H]21. The van der Waals surface area contributed by atoms with Crippen LogP contribution in [0.5, 0.6) is 0 Å². The molecule has 0 heterocycles. The Labute approximate surface area is 83.7 Å². The zero-order valence-corrected chi connectivity index (χ0v) is 8.28. The first kappa shape index (κ1) is 8.72. The summed E-state index contributed by atoms with van der Waals surface area (Å²) in [5.41, 5.74) is 5.16. The average Bonchev–Trinajstić information content (AvgIpc) is 2.71. The van der Waals surface area contributed by atoms with E-state index in [2.05, 4.69) is 0 Å². The van der Waals surface area contributed by atoms with E-state index in [0.29, 0.717) is 11.8 Å². The topological polar surface area (TPSA) is 63.3 Å². The zero-order valence-electron chi connectivity index (χ0n) is 8.28. The highest BCUT2D eigenvalue weighted by Crippen LogP contribution is 2.61. The van der Waals surface area contributed by atoms with Crippen LogP contribution in [0.4, 0.5) is 0 Å². The van der Waals surface area contributed by atoms with Gasteiger partial charge in [-0.1, -0.05) is 6.42 Å². The lowest BCUT2D eigenvalue weighted by atomic mass is 9.71. The molecule has 3 heteroatoms. The van der Waals surface area contributed by atoms with E-state index < -0.39 is 11.5 Å². The molecule has 5 atom stereocenters. The quantitative estimate of drug-likeness (QED) is 0.661. The monoisotopic (exact) mass is 195 g/mol. The second kappa shape index (κ2) is 2.51. The Hall–Kier alpha value is -0.570. The Bertz CT molecular complexity index is 291. The van der Waals surface area contributed by atoms with Crippen LogP contribution in [0.1, 0.15) is 32.1 Å². The highest BCUT2D eigenvalue weighted by Gasteiger charge is 2.62. The molecule has 0 spiro atoms. The van der Waals surface area contributed by atoms with Crippen molar-refractivity contribution in [1.82, 2.24) is 0 Å². The van der Waals surface area contributed by atoms with Gasteiger partial charge in [0, 0.05) is 0 Å². The highest BCUT2D eigenvalue weighted by molar-refractivity contribution is 5.80. The Balaban J connectivity index is 1.93. The maximum absolute atomic E-state index is 11.2. The second-order valence-corrected chi connectivity index (χ2v) is 5.41. The van der Waals surface area contributed by atoms with E-state index >= 15 is 0 Å². The molecule has 3 saturated carbocycles. The standard InChI is InChI=1S/C11H17NO2/c12-11(10(13)14)5-6-4-9(11)8-3-1-2-7(6)8/h6-9H,1-5,12H2,(H,13,14)/t6-,7-,8+,9-,11+/m1/s1. The molecule has 0 unspecified atom stereocenters. The summed E-state index contributed by atoms with van der Waals surface area (Å²) in [6.45, 7) is 0. The Kier molecular flexibility index (Phi) is 1.56. The lowest BCUT2D eigenvalue weighted by Gasteiger charge is -2.36. The average molecular weight is 195 g/mol. The summed E-state index contributed by atoms with van der Waals surface area (Å²) in [5, 5.41) is 9.19. The molecule has 3 rings (SSSR count). The van der Waals surface area contributed by atoms with Gasteiger partial charge >= 0.3 is 5.97 Å². The van der Waals surface area contributed by atoms with Gasteiger partial charge in [0.25, 0.3) is 0 Å². The fourth-order valence-electron chi connectivity index (χ4n) is 4.44. The van der Waals surface area contributed by atoms with Crippen molar-refractivity contribution in [2.45, 2.75) is 37.6 Å². The number of hydrogen-bond acceptors (Lipinski definition) is 2. The van der Waals surface area contributed by atoms with E-state index in [1.54, 1.807) is 0 Å². The van der Waals surface area contributed by atoms with Gasteiger partial charge in [-0.25, -0.2) is 0 Å². The Morgan fingerprint density at radius 1 is 1.36 bits per heavy atom. The number of aliphatic carboxylic acids is 1. The molecule has 3 nitrogen and oxygen atoms in total. The van der Waals surface area contributed by atoms with Gasteiger partial charge in [0.1, 0.15) is 5.54 Å². The largest absolute Gasteiger partial charge is 0.480 e. The lowest BCUT2D eigenvalue weighted by molar-refractivity contribution is -0.146. The zero-order chi connectivity index (χ0) is 9.92. The fourth-order valence-corrected chi connectivity index (χ4v) is 4.44. The maximum Gasteiger partial charge on any atom is 0.323 e. The van der Waals surface area contributed by atoms with Crippen LogP contribution in [0.25, 0.3) is 0 Å². The van der Waals surface area contributed by atoms with Crippen molar-refractivity contribution in [2.24, 2.45) is 29.4 Å². The molecular formula is C11H17NO2.